The predicted molar refractivity (Wildman–Crippen MR) is 154 cm³/mol. The third-order valence-corrected chi connectivity index (χ3v) is 7.60. The molecule has 9 nitrogen and oxygen atoms in total. The van der Waals surface area contributed by atoms with Crippen LogP contribution in [0.3, 0.4) is 0 Å². The zero-order chi connectivity index (χ0) is 32.0. The number of amides is 1. The third kappa shape index (κ3) is 9.27. The first kappa shape index (κ1) is 33.6. The van der Waals surface area contributed by atoms with Gasteiger partial charge in [-0.15, -0.1) is 0 Å². The molecule has 0 aliphatic heterocycles. The molecule has 0 aliphatic carbocycles. The highest BCUT2D eigenvalue weighted by Gasteiger charge is 2.34. The summed E-state index contributed by atoms with van der Waals surface area (Å²) in [5.74, 6) is -1.36. The summed E-state index contributed by atoms with van der Waals surface area (Å²) in [5, 5.41) is 2.65. The fourth-order valence-corrected chi connectivity index (χ4v) is 5.62. The Balaban J connectivity index is 1.99. The molecule has 3 aromatic carbocycles. The number of halogens is 3. The number of anilines is 1. The van der Waals surface area contributed by atoms with E-state index >= 15 is 0 Å². The molecule has 3 rings (SSSR count). The lowest BCUT2D eigenvalue weighted by molar-refractivity contribution is -0.142. The number of ether oxygens (including phenoxy) is 3. The molecule has 0 spiro atoms. The van der Waals surface area contributed by atoms with Crippen molar-refractivity contribution in [3.63, 3.8) is 0 Å². The molecule has 0 saturated carbocycles. The van der Waals surface area contributed by atoms with Crippen LogP contribution in [0.2, 0.25) is 0 Å². The highest BCUT2D eigenvalue weighted by molar-refractivity contribution is 7.89. The molecule has 43 heavy (non-hydrogen) atoms. The number of nitrogens with one attached hydrogen (secondary N) is 2. The van der Waals surface area contributed by atoms with E-state index in [-0.39, 0.29) is 58.4 Å². The van der Waals surface area contributed by atoms with Gasteiger partial charge in [-0.1, -0.05) is 24.3 Å². The number of alkyl halides is 3. The number of hydrogen-bond acceptors (Lipinski definition) is 7. The van der Waals surface area contributed by atoms with Gasteiger partial charge in [-0.3, -0.25) is 9.59 Å². The molecular formula is C30H33F3N2O7S. The van der Waals surface area contributed by atoms with Crippen LogP contribution in [0.4, 0.5) is 18.9 Å². The number of esters is 1. The van der Waals surface area contributed by atoms with Gasteiger partial charge >= 0.3 is 12.1 Å². The number of carbonyl (C=O) groups excluding carboxylic acids is 2. The maximum Gasteiger partial charge on any atom is 0.417 e. The van der Waals surface area contributed by atoms with E-state index < -0.39 is 39.2 Å². The lowest BCUT2D eigenvalue weighted by Crippen LogP contribution is -2.40. The minimum atomic E-state index is -4.63. The second kappa shape index (κ2) is 13.6. The number of benzene rings is 3. The summed E-state index contributed by atoms with van der Waals surface area (Å²) in [5.41, 5.74) is -1.12. The van der Waals surface area contributed by atoms with Crippen molar-refractivity contribution in [2.75, 3.05) is 25.6 Å². The number of hydrogen-bond donors (Lipinski definition) is 2. The van der Waals surface area contributed by atoms with E-state index in [0.717, 1.165) is 6.07 Å². The molecule has 3 aromatic rings. The first-order valence-corrected chi connectivity index (χ1v) is 14.5. The van der Waals surface area contributed by atoms with Crippen LogP contribution in [0.25, 0.3) is 11.1 Å². The number of sulfonamides is 1. The Kier molecular flexibility index (Phi) is 10.6. The SMILES string of the molecule is COCCOc1cc(C(=O)Nc2ccc(-c3ccccc3C(F)(F)F)c(COC(C)=O)c2)ccc1S(=O)(=O)NC(C)(C)C. The summed E-state index contributed by atoms with van der Waals surface area (Å²) in [7, 11) is -2.57. The first-order valence-electron chi connectivity index (χ1n) is 13.1. The molecule has 0 fully saturated rings. The highest BCUT2D eigenvalue weighted by Crippen LogP contribution is 2.39. The number of carbonyl (C=O) groups is 2. The topological polar surface area (TPSA) is 120 Å². The van der Waals surface area contributed by atoms with E-state index in [1.54, 1.807) is 20.8 Å². The molecule has 0 saturated heterocycles. The van der Waals surface area contributed by atoms with Crippen LogP contribution in [-0.4, -0.2) is 46.2 Å². The van der Waals surface area contributed by atoms with Crippen LogP contribution in [0, 0.1) is 0 Å². The second-order valence-electron chi connectivity index (χ2n) is 10.5. The Morgan fingerprint density at radius 2 is 1.60 bits per heavy atom. The molecule has 232 valence electrons. The Morgan fingerprint density at radius 3 is 2.23 bits per heavy atom. The summed E-state index contributed by atoms with van der Waals surface area (Å²) in [6.45, 7) is 6.05. The fraction of sp³-hybridized carbons (Fsp3) is 0.333. The molecular weight excluding hydrogens is 589 g/mol. The average Bonchev–Trinajstić information content (AvgIpc) is 2.90. The minimum Gasteiger partial charge on any atom is -0.490 e. The molecule has 0 unspecified atom stereocenters. The second-order valence-corrected chi connectivity index (χ2v) is 12.2. The Labute approximate surface area is 248 Å². The lowest BCUT2D eigenvalue weighted by Gasteiger charge is -2.22. The summed E-state index contributed by atoms with van der Waals surface area (Å²) in [6, 6.07) is 13.0. The number of rotatable bonds is 11. The van der Waals surface area contributed by atoms with E-state index in [0.29, 0.717) is 0 Å². The zero-order valence-electron chi connectivity index (χ0n) is 24.3. The minimum absolute atomic E-state index is 0.0139. The first-order chi connectivity index (χ1) is 20.0. The summed E-state index contributed by atoms with van der Waals surface area (Å²) in [4.78, 5) is 24.5. The molecule has 0 radical (unpaired) electrons. The fourth-order valence-electron chi connectivity index (χ4n) is 4.08. The van der Waals surface area contributed by atoms with Gasteiger partial charge in [0.1, 0.15) is 23.9 Å². The van der Waals surface area contributed by atoms with Crippen LogP contribution in [0.1, 0.15) is 49.2 Å². The van der Waals surface area contributed by atoms with E-state index in [1.165, 1.54) is 68.6 Å². The van der Waals surface area contributed by atoms with E-state index in [1.807, 2.05) is 0 Å². The van der Waals surface area contributed by atoms with E-state index in [4.69, 9.17) is 14.2 Å². The quantitative estimate of drug-likeness (QED) is 0.205. The van der Waals surface area contributed by atoms with E-state index in [9.17, 15) is 31.2 Å². The largest absolute Gasteiger partial charge is 0.490 e. The van der Waals surface area contributed by atoms with Crippen molar-refractivity contribution in [2.45, 2.75) is 50.9 Å². The molecule has 2 N–H and O–H groups in total. The Hall–Kier alpha value is -3.94. The molecule has 13 heteroatoms. The Bertz CT molecular complexity index is 1580. The standard InChI is InChI=1S/C30H33F3N2O7S/c1-19(36)42-18-21-16-22(11-12-23(21)24-8-6-7-9-25(24)30(31,32)33)34-28(37)20-10-13-27(26(17-20)41-15-14-40-5)43(38,39)35-29(2,3)4/h6-13,16-17,35H,14-15,18H2,1-5H3,(H,34,37). The van der Waals surface area contributed by atoms with Crippen molar-refractivity contribution in [1.29, 1.82) is 0 Å². The van der Waals surface area contributed by atoms with Gasteiger partial charge in [0.15, 0.2) is 0 Å². The third-order valence-electron chi connectivity index (χ3n) is 5.80. The summed E-state index contributed by atoms with van der Waals surface area (Å²) in [6.07, 6.45) is -4.63. The predicted octanol–water partition coefficient (Wildman–Crippen LogP) is 5.79. The van der Waals surface area contributed by atoms with E-state index in [2.05, 4.69) is 10.0 Å². The van der Waals surface area contributed by atoms with Crippen molar-refractivity contribution < 1.29 is 45.4 Å². The van der Waals surface area contributed by atoms with Crippen molar-refractivity contribution in [3.8, 4) is 16.9 Å². The monoisotopic (exact) mass is 622 g/mol. The zero-order valence-corrected chi connectivity index (χ0v) is 25.1. The van der Waals surface area contributed by atoms with Crippen molar-refractivity contribution in [1.82, 2.24) is 4.72 Å². The molecule has 0 atom stereocenters. The normalized spacial score (nSPS) is 12.1. The summed E-state index contributed by atoms with van der Waals surface area (Å²) < 4.78 is 85.5. The summed E-state index contributed by atoms with van der Waals surface area (Å²) >= 11 is 0. The van der Waals surface area contributed by atoms with Crippen LogP contribution >= 0.6 is 0 Å². The Morgan fingerprint density at radius 1 is 0.907 bits per heavy atom. The van der Waals surface area contributed by atoms with Gasteiger partial charge in [-0.25, -0.2) is 13.1 Å². The maximum atomic E-state index is 13.7. The molecule has 1 amide bonds. The number of methoxy groups -OCH3 is 1. The maximum absolute atomic E-state index is 13.7. The molecule has 0 heterocycles. The lowest BCUT2D eigenvalue weighted by atomic mass is 9.94. The average molecular weight is 623 g/mol. The van der Waals surface area contributed by atoms with Crippen LogP contribution in [-0.2, 0) is 37.1 Å². The molecule has 0 aromatic heterocycles. The van der Waals surface area contributed by atoms with Crippen LogP contribution in [0.15, 0.2) is 65.6 Å². The smallest absolute Gasteiger partial charge is 0.417 e. The van der Waals surface area contributed by atoms with Crippen LogP contribution in [0.5, 0.6) is 5.75 Å². The molecule has 0 aliphatic rings. The van der Waals surface area contributed by atoms with Gasteiger partial charge in [-0.05, 0) is 73.9 Å². The van der Waals surface area contributed by atoms with Crippen molar-refractivity contribution in [2.24, 2.45) is 0 Å². The molecule has 0 bridgehead atoms. The highest BCUT2D eigenvalue weighted by atomic mass is 32.2. The van der Waals surface area contributed by atoms with Gasteiger partial charge in [0.05, 0.1) is 12.2 Å². The van der Waals surface area contributed by atoms with Gasteiger partial charge < -0.3 is 19.5 Å². The van der Waals surface area contributed by atoms with Gasteiger partial charge in [0.2, 0.25) is 10.0 Å². The van der Waals surface area contributed by atoms with Crippen molar-refractivity contribution >= 4 is 27.6 Å². The van der Waals surface area contributed by atoms with Gasteiger partial charge in [-0.2, -0.15) is 13.2 Å². The van der Waals surface area contributed by atoms with Gasteiger partial charge in [0.25, 0.3) is 5.91 Å². The van der Waals surface area contributed by atoms with Crippen LogP contribution < -0.4 is 14.8 Å². The van der Waals surface area contributed by atoms with Crippen molar-refractivity contribution in [3.05, 3.63) is 77.4 Å². The van der Waals surface area contributed by atoms with Gasteiger partial charge in [0, 0.05) is 30.8 Å².